The molecule has 0 rings (SSSR count). The molecular formula is C22H42O2. The van der Waals surface area contributed by atoms with E-state index in [1.165, 1.54) is 70.6 Å². The highest BCUT2D eigenvalue weighted by Crippen LogP contribution is 2.08. The zero-order chi connectivity index (χ0) is 17.6. The van der Waals surface area contributed by atoms with Crippen molar-refractivity contribution < 1.29 is 9.84 Å². The molecule has 0 saturated carbocycles. The fourth-order valence-corrected chi connectivity index (χ4v) is 2.61. The number of hydrogen-bond acceptors (Lipinski definition) is 2. The van der Waals surface area contributed by atoms with Crippen molar-refractivity contribution in [3.05, 3.63) is 24.3 Å². The number of ether oxygens (including phenoxy) is 1. The van der Waals surface area contributed by atoms with E-state index < -0.39 is 0 Å². The van der Waals surface area contributed by atoms with Crippen LogP contribution in [0.15, 0.2) is 24.3 Å². The standard InChI is InChI=1S/C22H42O2/c1-2-3-4-5-6-7-8-9-10-11-12-13-14-15-16-18-21-24-22-19-17-20-23/h6-7,9-10,23H,2-5,8,11-22H2,1H3/b7-6-,10-9-. The molecule has 0 heterocycles. The molecule has 0 atom stereocenters. The van der Waals surface area contributed by atoms with Gasteiger partial charge < -0.3 is 9.84 Å². The van der Waals surface area contributed by atoms with Crippen LogP contribution < -0.4 is 0 Å². The van der Waals surface area contributed by atoms with Crippen molar-refractivity contribution >= 4 is 0 Å². The Kier molecular flexibility index (Phi) is 21.8. The zero-order valence-electron chi connectivity index (χ0n) is 16.2. The normalized spacial score (nSPS) is 11.9. The third-order valence-electron chi connectivity index (χ3n) is 4.19. The Morgan fingerprint density at radius 3 is 1.79 bits per heavy atom. The van der Waals surface area contributed by atoms with E-state index >= 15 is 0 Å². The van der Waals surface area contributed by atoms with Gasteiger partial charge in [-0.25, -0.2) is 0 Å². The van der Waals surface area contributed by atoms with Crippen molar-refractivity contribution in [2.24, 2.45) is 0 Å². The first-order valence-corrected chi connectivity index (χ1v) is 10.4. The molecule has 24 heavy (non-hydrogen) atoms. The summed E-state index contributed by atoms with van der Waals surface area (Å²) in [5, 5.41) is 8.66. The molecule has 0 radical (unpaired) electrons. The zero-order valence-corrected chi connectivity index (χ0v) is 16.2. The summed E-state index contributed by atoms with van der Waals surface area (Å²) >= 11 is 0. The fraction of sp³-hybridized carbons (Fsp3) is 0.818. The lowest BCUT2D eigenvalue weighted by molar-refractivity contribution is 0.121. The van der Waals surface area contributed by atoms with Crippen LogP contribution in [-0.4, -0.2) is 24.9 Å². The van der Waals surface area contributed by atoms with E-state index in [2.05, 4.69) is 31.2 Å². The van der Waals surface area contributed by atoms with E-state index in [0.717, 1.165) is 32.5 Å². The van der Waals surface area contributed by atoms with Gasteiger partial charge in [0.1, 0.15) is 0 Å². The summed E-state index contributed by atoms with van der Waals surface area (Å²) in [6.07, 6.45) is 26.6. The molecule has 1 N–H and O–H groups in total. The van der Waals surface area contributed by atoms with Crippen LogP contribution >= 0.6 is 0 Å². The predicted molar refractivity (Wildman–Crippen MR) is 106 cm³/mol. The highest BCUT2D eigenvalue weighted by molar-refractivity contribution is 4.92. The van der Waals surface area contributed by atoms with Crippen molar-refractivity contribution in [1.82, 2.24) is 0 Å². The van der Waals surface area contributed by atoms with E-state index in [4.69, 9.17) is 9.84 Å². The van der Waals surface area contributed by atoms with Crippen molar-refractivity contribution in [2.75, 3.05) is 19.8 Å². The average molecular weight is 339 g/mol. The van der Waals surface area contributed by atoms with Crippen molar-refractivity contribution in [3.8, 4) is 0 Å². The van der Waals surface area contributed by atoms with Crippen LogP contribution in [0, 0.1) is 0 Å². The van der Waals surface area contributed by atoms with E-state index in [-0.39, 0.29) is 6.61 Å². The van der Waals surface area contributed by atoms with Gasteiger partial charge in [-0.3, -0.25) is 0 Å². The largest absolute Gasteiger partial charge is 0.396 e. The molecule has 2 nitrogen and oxygen atoms in total. The lowest BCUT2D eigenvalue weighted by Gasteiger charge is -2.03. The van der Waals surface area contributed by atoms with Gasteiger partial charge in [-0.15, -0.1) is 0 Å². The Bertz CT molecular complexity index is 271. The van der Waals surface area contributed by atoms with Crippen LogP contribution in [0.3, 0.4) is 0 Å². The number of aliphatic hydroxyl groups excluding tert-OH is 1. The summed E-state index contributed by atoms with van der Waals surface area (Å²) in [5.41, 5.74) is 0. The molecule has 0 aliphatic heterocycles. The second-order valence-corrected chi connectivity index (χ2v) is 6.63. The maximum absolute atomic E-state index is 8.66. The Balaban J connectivity index is 3.10. The molecule has 142 valence electrons. The minimum Gasteiger partial charge on any atom is -0.396 e. The number of rotatable bonds is 19. The highest BCUT2D eigenvalue weighted by Gasteiger charge is 1.92. The van der Waals surface area contributed by atoms with E-state index in [1.807, 2.05) is 0 Å². The van der Waals surface area contributed by atoms with Crippen LogP contribution in [0.1, 0.15) is 96.8 Å². The lowest BCUT2D eigenvalue weighted by atomic mass is 10.1. The number of allylic oxidation sites excluding steroid dienone is 4. The van der Waals surface area contributed by atoms with Crippen LogP contribution in [0.25, 0.3) is 0 Å². The van der Waals surface area contributed by atoms with E-state index in [1.54, 1.807) is 0 Å². The monoisotopic (exact) mass is 338 g/mol. The second-order valence-electron chi connectivity index (χ2n) is 6.63. The molecule has 0 fully saturated rings. The Morgan fingerprint density at radius 1 is 0.625 bits per heavy atom. The van der Waals surface area contributed by atoms with Gasteiger partial charge in [-0.1, -0.05) is 69.8 Å². The first kappa shape index (κ1) is 23.4. The smallest absolute Gasteiger partial charge is 0.0466 e. The maximum atomic E-state index is 8.66. The van der Waals surface area contributed by atoms with Crippen molar-refractivity contribution in [3.63, 3.8) is 0 Å². The molecule has 0 aromatic heterocycles. The summed E-state index contributed by atoms with van der Waals surface area (Å²) in [6.45, 7) is 4.23. The molecule has 0 aromatic rings. The molecule has 0 amide bonds. The molecule has 0 saturated heterocycles. The number of aliphatic hydroxyl groups is 1. The highest BCUT2D eigenvalue weighted by atomic mass is 16.5. The summed E-state index contributed by atoms with van der Waals surface area (Å²) < 4.78 is 5.53. The van der Waals surface area contributed by atoms with Gasteiger partial charge in [0, 0.05) is 19.8 Å². The quantitative estimate of drug-likeness (QED) is 0.213. The molecule has 0 aliphatic rings. The van der Waals surface area contributed by atoms with Gasteiger partial charge in [0.25, 0.3) is 0 Å². The van der Waals surface area contributed by atoms with Crippen LogP contribution in [0.4, 0.5) is 0 Å². The molecule has 0 spiro atoms. The summed E-state index contributed by atoms with van der Waals surface area (Å²) in [5.74, 6) is 0. The molecule has 0 aromatic carbocycles. The molecule has 0 unspecified atom stereocenters. The average Bonchev–Trinajstić information content (AvgIpc) is 2.60. The van der Waals surface area contributed by atoms with Crippen LogP contribution in [-0.2, 0) is 4.74 Å². The summed E-state index contributed by atoms with van der Waals surface area (Å²) in [6, 6.07) is 0. The fourth-order valence-electron chi connectivity index (χ4n) is 2.61. The van der Waals surface area contributed by atoms with Gasteiger partial charge in [-0.2, -0.15) is 0 Å². The number of unbranched alkanes of at least 4 members (excludes halogenated alkanes) is 10. The first-order valence-electron chi connectivity index (χ1n) is 10.4. The van der Waals surface area contributed by atoms with Crippen molar-refractivity contribution in [2.45, 2.75) is 96.8 Å². The Hall–Kier alpha value is -0.600. The Labute approximate surface area is 151 Å². The van der Waals surface area contributed by atoms with Gasteiger partial charge in [0.2, 0.25) is 0 Å². The van der Waals surface area contributed by atoms with E-state index in [0.29, 0.717) is 0 Å². The third-order valence-corrected chi connectivity index (χ3v) is 4.19. The maximum Gasteiger partial charge on any atom is 0.0466 e. The number of hydrogen-bond donors (Lipinski definition) is 1. The predicted octanol–water partition coefficient (Wildman–Crippen LogP) is 6.59. The van der Waals surface area contributed by atoms with E-state index in [9.17, 15) is 0 Å². The van der Waals surface area contributed by atoms with Crippen molar-refractivity contribution in [1.29, 1.82) is 0 Å². The molecule has 2 heteroatoms. The van der Waals surface area contributed by atoms with Crippen LogP contribution in [0.5, 0.6) is 0 Å². The molecular weight excluding hydrogens is 296 g/mol. The minimum atomic E-state index is 0.286. The molecule has 0 aliphatic carbocycles. The third kappa shape index (κ3) is 21.4. The SMILES string of the molecule is CCCCC/C=C\C/C=C\CCCCCCCCOCCCCO. The van der Waals surface area contributed by atoms with Gasteiger partial charge >= 0.3 is 0 Å². The molecule has 0 bridgehead atoms. The minimum absolute atomic E-state index is 0.286. The van der Waals surface area contributed by atoms with Gasteiger partial charge in [0.05, 0.1) is 0 Å². The lowest BCUT2D eigenvalue weighted by Crippen LogP contribution is -1.98. The van der Waals surface area contributed by atoms with Crippen LogP contribution in [0.2, 0.25) is 0 Å². The summed E-state index contributed by atoms with van der Waals surface area (Å²) in [4.78, 5) is 0. The summed E-state index contributed by atoms with van der Waals surface area (Å²) in [7, 11) is 0. The second kappa shape index (κ2) is 22.4. The van der Waals surface area contributed by atoms with Gasteiger partial charge in [-0.05, 0) is 51.4 Å². The topological polar surface area (TPSA) is 29.5 Å². The first-order chi connectivity index (χ1) is 11.9. The Morgan fingerprint density at radius 2 is 1.17 bits per heavy atom. The van der Waals surface area contributed by atoms with Gasteiger partial charge in [0.15, 0.2) is 0 Å².